The first-order valence-electron chi connectivity index (χ1n) is 7.43. The first-order chi connectivity index (χ1) is 10.9. The Morgan fingerprint density at radius 2 is 1.09 bits per heavy atom. The van der Waals surface area contributed by atoms with E-state index in [1.807, 2.05) is 12.4 Å². The molecule has 0 amide bonds. The molecule has 2 aliphatic heterocycles. The van der Waals surface area contributed by atoms with Gasteiger partial charge in [-0.15, -0.1) is 0 Å². The Balaban J connectivity index is 2.03. The molecule has 0 atom stereocenters. The summed E-state index contributed by atoms with van der Waals surface area (Å²) in [4.78, 5) is 9.12. The SMILES string of the molecule is C1=Cc2cc3ccc4c5c(cc6ccc(c2=N1)c3c64)C=CN=5. The highest BCUT2D eigenvalue weighted by atomic mass is 14.7. The zero-order valence-electron chi connectivity index (χ0n) is 11.7. The van der Waals surface area contributed by atoms with Crippen molar-refractivity contribution in [3.63, 3.8) is 0 Å². The highest BCUT2D eigenvalue weighted by Crippen LogP contribution is 2.34. The fourth-order valence-electron chi connectivity index (χ4n) is 3.89. The minimum atomic E-state index is 1.09. The molecular weight excluding hydrogens is 268 g/mol. The van der Waals surface area contributed by atoms with Crippen molar-refractivity contribution in [2.24, 2.45) is 9.98 Å². The van der Waals surface area contributed by atoms with Crippen LogP contribution in [-0.2, 0) is 0 Å². The molecule has 6 rings (SSSR count). The van der Waals surface area contributed by atoms with Crippen molar-refractivity contribution in [2.45, 2.75) is 0 Å². The molecule has 0 unspecified atom stereocenters. The van der Waals surface area contributed by atoms with Crippen molar-refractivity contribution in [1.82, 2.24) is 0 Å². The monoisotopic (exact) mass is 278 g/mol. The van der Waals surface area contributed by atoms with E-state index in [-0.39, 0.29) is 0 Å². The Kier molecular flexibility index (Phi) is 1.66. The molecule has 2 heterocycles. The molecule has 0 aromatic heterocycles. The summed E-state index contributed by atoms with van der Waals surface area (Å²) >= 11 is 0. The number of fused-ring (bicyclic) bond motifs is 4. The topological polar surface area (TPSA) is 24.7 Å². The molecule has 0 radical (unpaired) electrons. The third-order valence-corrected chi connectivity index (χ3v) is 4.82. The molecule has 100 valence electrons. The molecule has 2 nitrogen and oxygen atoms in total. The van der Waals surface area contributed by atoms with Gasteiger partial charge in [0.25, 0.3) is 0 Å². The van der Waals surface area contributed by atoms with Crippen molar-refractivity contribution < 1.29 is 0 Å². The molecule has 2 heteroatoms. The lowest BCUT2D eigenvalue weighted by atomic mass is 9.91. The maximum Gasteiger partial charge on any atom is 0.0781 e. The van der Waals surface area contributed by atoms with Crippen LogP contribution in [0.25, 0.3) is 44.5 Å². The van der Waals surface area contributed by atoms with Gasteiger partial charge in [-0.05, 0) is 45.8 Å². The summed E-state index contributed by atoms with van der Waals surface area (Å²) < 4.78 is 0. The van der Waals surface area contributed by atoms with Gasteiger partial charge in [0.05, 0.1) is 10.7 Å². The molecule has 0 fully saturated rings. The predicted molar refractivity (Wildman–Crippen MR) is 90.5 cm³/mol. The summed E-state index contributed by atoms with van der Waals surface area (Å²) in [6.45, 7) is 0. The lowest BCUT2D eigenvalue weighted by molar-refractivity contribution is 1.42. The maximum atomic E-state index is 4.56. The van der Waals surface area contributed by atoms with E-state index < -0.39 is 0 Å². The van der Waals surface area contributed by atoms with Crippen LogP contribution in [0.15, 0.2) is 58.8 Å². The van der Waals surface area contributed by atoms with E-state index in [0.717, 1.165) is 10.7 Å². The van der Waals surface area contributed by atoms with E-state index in [0.29, 0.717) is 0 Å². The average Bonchev–Trinajstić information content (AvgIpc) is 3.19. The Morgan fingerprint density at radius 3 is 1.59 bits per heavy atom. The maximum absolute atomic E-state index is 4.56. The molecule has 0 spiro atoms. The fourth-order valence-corrected chi connectivity index (χ4v) is 3.89. The lowest BCUT2D eigenvalue weighted by Gasteiger charge is -2.12. The molecule has 0 N–H and O–H groups in total. The smallest absolute Gasteiger partial charge is 0.0781 e. The van der Waals surface area contributed by atoms with Gasteiger partial charge in [0, 0.05) is 34.3 Å². The van der Waals surface area contributed by atoms with Crippen molar-refractivity contribution in [3.8, 4) is 0 Å². The van der Waals surface area contributed by atoms with E-state index in [1.54, 1.807) is 0 Å². The molecular formula is C20H10N2. The van der Waals surface area contributed by atoms with Gasteiger partial charge in [-0.1, -0.05) is 24.3 Å². The number of nitrogens with zero attached hydrogens (tertiary/aromatic N) is 2. The van der Waals surface area contributed by atoms with Crippen molar-refractivity contribution in [3.05, 3.63) is 70.6 Å². The van der Waals surface area contributed by atoms with Gasteiger partial charge in [-0.2, -0.15) is 0 Å². The molecule has 4 aromatic carbocycles. The summed E-state index contributed by atoms with van der Waals surface area (Å²) in [5.41, 5.74) is 2.42. The first-order valence-corrected chi connectivity index (χ1v) is 7.43. The van der Waals surface area contributed by atoms with E-state index in [2.05, 4.69) is 58.5 Å². The van der Waals surface area contributed by atoms with Gasteiger partial charge in [-0.3, -0.25) is 9.98 Å². The van der Waals surface area contributed by atoms with Crippen LogP contribution < -0.4 is 10.7 Å². The van der Waals surface area contributed by atoms with Crippen LogP contribution in [0.4, 0.5) is 0 Å². The number of benzene rings is 4. The summed E-state index contributed by atoms with van der Waals surface area (Å²) in [5, 5.41) is 9.84. The third kappa shape index (κ3) is 1.10. The van der Waals surface area contributed by atoms with Crippen molar-refractivity contribution in [1.29, 1.82) is 0 Å². The second kappa shape index (κ2) is 3.42. The van der Waals surface area contributed by atoms with Crippen LogP contribution in [-0.4, -0.2) is 0 Å². The zero-order valence-corrected chi connectivity index (χ0v) is 11.7. The van der Waals surface area contributed by atoms with Gasteiger partial charge in [0.2, 0.25) is 0 Å². The number of hydrogen-bond donors (Lipinski definition) is 0. The normalized spacial score (nSPS) is 14.7. The fraction of sp³-hybridized carbons (Fsp3) is 0. The Morgan fingerprint density at radius 1 is 0.591 bits per heavy atom. The molecule has 2 aliphatic rings. The van der Waals surface area contributed by atoms with Crippen LogP contribution in [0.3, 0.4) is 0 Å². The first kappa shape index (κ1) is 10.7. The summed E-state index contributed by atoms with van der Waals surface area (Å²) in [6, 6.07) is 13.3. The van der Waals surface area contributed by atoms with Crippen LogP contribution in [0.2, 0.25) is 0 Å². The molecule has 0 bridgehead atoms. The van der Waals surface area contributed by atoms with E-state index in [1.165, 1.54) is 43.4 Å². The van der Waals surface area contributed by atoms with Gasteiger partial charge in [0.1, 0.15) is 0 Å². The van der Waals surface area contributed by atoms with E-state index >= 15 is 0 Å². The van der Waals surface area contributed by atoms with Gasteiger partial charge in [-0.25, -0.2) is 0 Å². The van der Waals surface area contributed by atoms with Gasteiger partial charge in [0.15, 0.2) is 0 Å². The Labute approximate surface area is 125 Å². The van der Waals surface area contributed by atoms with Crippen LogP contribution in [0.5, 0.6) is 0 Å². The van der Waals surface area contributed by atoms with Crippen LogP contribution in [0, 0.1) is 0 Å². The largest absolute Gasteiger partial charge is 0.256 e. The highest BCUT2D eigenvalue weighted by molar-refractivity contribution is 6.23. The minimum absolute atomic E-state index is 1.09. The zero-order chi connectivity index (χ0) is 14.3. The van der Waals surface area contributed by atoms with Crippen molar-refractivity contribution >= 4 is 44.5 Å². The van der Waals surface area contributed by atoms with E-state index in [4.69, 9.17) is 0 Å². The van der Waals surface area contributed by atoms with E-state index in [9.17, 15) is 0 Å². The second-order valence-electron chi connectivity index (χ2n) is 5.94. The van der Waals surface area contributed by atoms with Gasteiger partial charge < -0.3 is 0 Å². The predicted octanol–water partition coefficient (Wildman–Crippen LogP) is 3.79. The number of rotatable bonds is 0. The standard InChI is InChI=1S/C20H10N2/c1-3-15-18-12(10-14-6-8-21-19(14)15)2-4-16-17(18)11(1)9-13-5-7-22-20(13)16/h1-10H. The second-order valence-corrected chi connectivity index (χ2v) is 5.94. The molecule has 0 saturated carbocycles. The van der Waals surface area contributed by atoms with Gasteiger partial charge >= 0.3 is 0 Å². The molecule has 0 saturated heterocycles. The van der Waals surface area contributed by atoms with Crippen LogP contribution >= 0.6 is 0 Å². The summed E-state index contributed by atoms with van der Waals surface area (Å²) in [5.74, 6) is 0. The Bertz CT molecular complexity index is 1200. The number of hydrogen-bond acceptors (Lipinski definition) is 2. The minimum Gasteiger partial charge on any atom is -0.256 e. The summed E-state index contributed by atoms with van der Waals surface area (Å²) in [7, 11) is 0. The van der Waals surface area contributed by atoms with Crippen LogP contribution in [0.1, 0.15) is 11.1 Å². The highest BCUT2D eigenvalue weighted by Gasteiger charge is 2.15. The summed E-state index contributed by atoms with van der Waals surface area (Å²) in [6.07, 6.45) is 7.95. The quantitative estimate of drug-likeness (QED) is 0.437. The average molecular weight is 278 g/mol. The Hall–Kier alpha value is -3.00. The molecule has 22 heavy (non-hydrogen) atoms. The molecule has 0 aliphatic carbocycles. The lowest BCUT2D eigenvalue weighted by Crippen LogP contribution is -2.09. The van der Waals surface area contributed by atoms with Crippen molar-refractivity contribution in [2.75, 3.05) is 0 Å². The molecule has 4 aromatic rings. The third-order valence-electron chi connectivity index (χ3n) is 4.82.